The van der Waals surface area contributed by atoms with E-state index < -0.39 is 0 Å². The number of aromatic amines is 1. The van der Waals surface area contributed by atoms with Gasteiger partial charge in [0, 0.05) is 44.1 Å². The summed E-state index contributed by atoms with van der Waals surface area (Å²) in [6.45, 7) is 4.23. The lowest BCUT2D eigenvalue weighted by Gasteiger charge is -2.34. The monoisotopic (exact) mass is 341 g/mol. The molecule has 1 saturated heterocycles. The van der Waals surface area contributed by atoms with Gasteiger partial charge in [-0.2, -0.15) is 0 Å². The number of nitrogens with one attached hydrogen (secondary N) is 1. The number of piperazine rings is 1. The molecule has 1 fully saturated rings. The number of benzene rings is 1. The molecule has 1 aromatic heterocycles. The minimum atomic E-state index is 0.00806. The van der Waals surface area contributed by atoms with Crippen LogP contribution < -0.4 is 4.74 Å². The molecule has 132 valence electrons. The lowest BCUT2D eigenvalue weighted by molar-refractivity contribution is -0.131. The zero-order chi connectivity index (χ0) is 17.8. The molecule has 0 bridgehead atoms. The van der Waals surface area contributed by atoms with E-state index in [1.165, 1.54) is 0 Å². The van der Waals surface area contributed by atoms with Crippen molar-refractivity contribution in [1.29, 1.82) is 0 Å². The summed E-state index contributed by atoms with van der Waals surface area (Å²) in [7, 11) is 1.62. The first-order valence-corrected chi connectivity index (χ1v) is 8.42. The second-order valence-electron chi connectivity index (χ2n) is 6.26. The summed E-state index contributed by atoms with van der Waals surface area (Å²) in [5, 5.41) is 0. The number of hydrogen-bond donors (Lipinski definition) is 1. The largest absolute Gasteiger partial charge is 0.496 e. The number of hydrogen-bond acceptors (Lipinski definition) is 3. The van der Waals surface area contributed by atoms with Crippen molar-refractivity contribution in [2.24, 2.45) is 0 Å². The molecule has 1 aliphatic heterocycles. The Morgan fingerprint density at radius 2 is 1.84 bits per heavy atom. The lowest BCUT2D eigenvalue weighted by atomic mass is 10.1. The van der Waals surface area contributed by atoms with Gasteiger partial charge in [0.15, 0.2) is 0 Å². The molecule has 0 atom stereocenters. The number of nitrogens with zero attached hydrogens (tertiary/aromatic N) is 2. The van der Waals surface area contributed by atoms with Gasteiger partial charge in [-0.05, 0) is 19.1 Å². The fraction of sp³-hybridized carbons (Fsp3) is 0.368. The lowest BCUT2D eigenvalue weighted by Crippen LogP contribution is -2.50. The second kappa shape index (κ2) is 7.42. The van der Waals surface area contributed by atoms with Crippen molar-refractivity contribution in [2.45, 2.75) is 13.3 Å². The van der Waals surface area contributed by atoms with Crippen molar-refractivity contribution >= 4 is 11.8 Å². The Balaban J connectivity index is 1.59. The molecule has 1 aromatic carbocycles. The minimum absolute atomic E-state index is 0.00806. The Morgan fingerprint density at radius 1 is 1.12 bits per heavy atom. The third kappa shape index (κ3) is 3.84. The average Bonchev–Trinajstić information content (AvgIpc) is 3.16. The molecule has 2 aromatic rings. The third-order valence-electron chi connectivity index (χ3n) is 4.54. The fourth-order valence-corrected chi connectivity index (χ4v) is 3.12. The summed E-state index contributed by atoms with van der Waals surface area (Å²) in [5.41, 5.74) is 2.66. The predicted molar refractivity (Wildman–Crippen MR) is 94.7 cm³/mol. The van der Waals surface area contributed by atoms with E-state index in [4.69, 9.17) is 4.74 Å². The Labute approximate surface area is 147 Å². The van der Waals surface area contributed by atoms with Crippen LogP contribution in [0.3, 0.4) is 0 Å². The summed E-state index contributed by atoms with van der Waals surface area (Å²) >= 11 is 0. The number of ether oxygens (including phenoxy) is 1. The Morgan fingerprint density at radius 3 is 2.48 bits per heavy atom. The van der Waals surface area contributed by atoms with E-state index in [9.17, 15) is 9.59 Å². The number of H-pyrrole nitrogens is 1. The van der Waals surface area contributed by atoms with Gasteiger partial charge in [-0.15, -0.1) is 0 Å². The minimum Gasteiger partial charge on any atom is -0.496 e. The van der Waals surface area contributed by atoms with Crippen LogP contribution >= 0.6 is 0 Å². The van der Waals surface area contributed by atoms with E-state index in [0.29, 0.717) is 38.2 Å². The number of amides is 2. The molecular formula is C19H23N3O3. The molecule has 0 unspecified atom stereocenters. The van der Waals surface area contributed by atoms with Crippen molar-refractivity contribution in [3.05, 3.63) is 53.3 Å². The highest BCUT2D eigenvalue weighted by Gasteiger charge is 2.25. The van der Waals surface area contributed by atoms with Gasteiger partial charge in [0.05, 0.1) is 19.1 Å². The van der Waals surface area contributed by atoms with E-state index in [-0.39, 0.29) is 11.8 Å². The van der Waals surface area contributed by atoms with E-state index in [0.717, 1.165) is 16.9 Å². The Hall–Kier alpha value is -2.76. The zero-order valence-corrected chi connectivity index (χ0v) is 14.6. The van der Waals surface area contributed by atoms with Gasteiger partial charge in [-0.1, -0.05) is 17.7 Å². The van der Waals surface area contributed by atoms with Crippen LogP contribution in [0.15, 0.2) is 36.7 Å². The molecule has 6 heteroatoms. The Bertz CT molecular complexity index is 747. The van der Waals surface area contributed by atoms with E-state index in [1.54, 1.807) is 30.5 Å². The number of aryl methyl sites for hydroxylation is 1. The Kier molecular flexibility index (Phi) is 5.07. The fourth-order valence-electron chi connectivity index (χ4n) is 3.12. The van der Waals surface area contributed by atoms with Crippen LogP contribution in [0.25, 0.3) is 0 Å². The predicted octanol–water partition coefficient (Wildman–Crippen LogP) is 1.86. The van der Waals surface area contributed by atoms with Crippen molar-refractivity contribution in [1.82, 2.24) is 14.8 Å². The van der Waals surface area contributed by atoms with Crippen molar-refractivity contribution < 1.29 is 14.3 Å². The SMILES string of the molecule is COc1ccc(C)cc1CC(=O)N1CCN(C(=O)c2cc[nH]c2)CC1. The average molecular weight is 341 g/mol. The summed E-state index contributed by atoms with van der Waals surface area (Å²) in [4.78, 5) is 31.5. The highest BCUT2D eigenvalue weighted by Crippen LogP contribution is 2.21. The quantitative estimate of drug-likeness (QED) is 0.923. The molecule has 2 amide bonds. The van der Waals surface area contributed by atoms with Gasteiger partial charge < -0.3 is 19.5 Å². The highest BCUT2D eigenvalue weighted by atomic mass is 16.5. The highest BCUT2D eigenvalue weighted by molar-refractivity contribution is 5.94. The molecule has 0 radical (unpaired) electrons. The number of methoxy groups -OCH3 is 1. The number of aromatic nitrogens is 1. The number of carbonyl (C=O) groups excluding carboxylic acids is 2. The van der Waals surface area contributed by atoms with Crippen LogP contribution in [-0.4, -0.2) is 59.9 Å². The van der Waals surface area contributed by atoms with Crippen LogP contribution in [0.2, 0.25) is 0 Å². The third-order valence-corrected chi connectivity index (χ3v) is 4.54. The molecule has 0 saturated carbocycles. The molecule has 1 aliphatic rings. The van der Waals surface area contributed by atoms with Crippen LogP contribution in [0.5, 0.6) is 5.75 Å². The maximum absolute atomic E-state index is 12.6. The van der Waals surface area contributed by atoms with Gasteiger partial charge in [0.1, 0.15) is 5.75 Å². The number of rotatable bonds is 4. The molecule has 0 spiro atoms. The molecule has 2 heterocycles. The topological polar surface area (TPSA) is 65.6 Å². The van der Waals surface area contributed by atoms with Crippen molar-refractivity contribution in [3.63, 3.8) is 0 Å². The molecule has 25 heavy (non-hydrogen) atoms. The van der Waals surface area contributed by atoms with Crippen LogP contribution in [0.1, 0.15) is 21.5 Å². The molecular weight excluding hydrogens is 318 g/mol. The molecule has 1 N–H and O–H groups in total. The number of carbonyl (C=O) groups is 2. The molecule has 6 nitrogen and oxygen atoms in total. The van der Waals surface area contributed by atoms with E-state index in [2.05, 4.69) is 4.98 Å². The zero-order valence-electron chi connectivity index (χ0n) is 14.6. The smallest absolute Gasteiger partial charge is 0.255 e. The summed E-state index contributed by atoms with van der Waals surface area (Å²) in [6, 6.07) is 7.62. The maximum Gasteiger partial charge on any atom is 0.255 e. The maximum atomic E-state index is 12.6. The van der Waals surface area contributed by atoms with Gasteiger partial charge in [0.25, 0.3) is 5.91 Å². The molecule has 0 aliphatic carbocycles. The molecule has 3 rings (SSSR count). The van der Waals surface area contributed by atoms with Crippen LogP contribution in [0, 0.1) is 6.92 Å². The first kappa shape index (κ1) is 17.1. The first-order valence-electron chi connectivity index (χ1n) is 8.42. The summed E-state index contributed by atoms with van der Waals surface area (Å²) in [5.74, 6) is 0.812. The van der Waals surface area contributed by atoms with Crippen molar-refractivity contribution in [3.8, 4) is 5.75 Å². The standard InChI is InChI=1S/C19H23N3O3/c1-14-3-4-17(25-2)16(11-14)12-18(23)21-7-9-22(10-8-21)19(24)15-5-6-20-13-15/h3-6,11,13,20H,7-10,12H2,1-2H3. The van der Waals surface area contributed by atoms with Crippen LogP contribution in [0.4, 0.5) is 0 Å². The van der Waals surface area contributed by atoms with E-state index in [1.807, 2.05) is 30.0 Å². The summed E-state index contributed by atoms with van der Waals surface area (Å²) in [6.07, 6.45) is 3.75. The van der Waals surface area contributed by atoms with E-state index >= 15 is 0 Å². The first-order chi connectivity index (χ1) is 12.1. The van der Waals surface area contributed by atoms with Gasteiger partial charge in [-0.25, -0.2) is 0 Å². The van der Waals surface area contributed by atoms with Gasteiger partial charge >= 0.3 is 0 Å². The van der Waals surface area contributed by atoms with Crippen molar-refractivity contribution in [2.75, 3.05) is 33.3 Å². The summed E-state index contributed by atoms with van der Waals surface area (Å²) < 4.78 is 5.35. The van der Waals surface area contributed by atoms with Gasteiger partial charge in [-0.3, -0.25) is 9.59 Å². The normalized spacial score (nSPS) is 14.5. The second-order valence-corrected chi connectivity index (χ2v) is 6.26. The van der Waals surface area contributed by atoms with Crippen LogP contribution in [-0.2, 0) is 11.2 Å². The van der Waals surface area contributed by atoms with Gasteiger partial charge in [0.2, 0.25) is 5.91 Å².